The van der Waals surface area contributed by atoms with Gasteiger partial charge in [0.15, 0.2) is 17.3 Å². The fourth-order valence-electron chi connectivity index (χ4n) is 3.19. The molecule has 32 heavy (non-hydrogen) atoms. The number of benzene rings is 2. The maximum atomic E-state index is 12.6. The van der Waals surface area contributed by atoms with Crippen LogP contribution in [0.1, 0.15) is 10.7 Å². The summed E-state index contributed by atoms with van der Waals surface area (Å²) < 4.78 is 10.5. The van der Waals surface area contributed by atoms with Gasteiger partial charge >= 0.3 is 0 Å². The van der Waals surface area contributed by atoms with Gasteiger partial charge in [0.25, 0.3) is 11.2 Å². The summed E-state index contributed by atoms with van der Waals surface area (Å²) in [6, 6.07) is 13.3. The number of hydrogen-bond donors (Lipinski definition) is 1. The van der Waals surface area contributed by atoms with Crippen LogP contribution in [0.25, 0.3) is 32.5 Å². The fourth-order valence-corrected chi connectivity index (χ4v) is 4.45. The Morgan fingerprint density at radius 2 is 1.88 bits per heavy atom. The third kappa shape index (κ3) is 4.08. The summed E-state index contributed by atoms with van der Waals surface area (Å²) in [5, 5.41) is 11.9. The largest absolute Gasteiger partial charge is 0.493 e. The Hall–Kier alpha value is -3.69. The zero-order valence-electron chi connectivity index (χ0n) is 16.9. The minimum atomic E-state index is -0.412. The molecule has 162 valence electrons. The number of methoxy groups -OCH3 is 2. The summed E-state index contributed by atoms with van der Waals surface area (Å²) in [6.07, 6.45) is 1.65. The summed E-state index contributed by atoms with van der Waals surface area (Å²) in [6.45, 7) is 0. The van der Waals surface area contributed by atoms with Gasteiger partial charge in [-0.1, -0.05) is 23.7 Å². The maximum Gasteiger partial charge on any atom is 0.278 e. The Kier molecular flexibility index (Phi) is 5.93. The van der Waals surface area contributed by atoms with Crippen molar-refractivity contribution in [2.45, 2.75) is 0 Å². The molecule has 0 aliphatic heterocycles. The van der Waals surface area contributed by atoms with E-state index < -0.39 is 4.92 Å². The van der Waals surface area contributed by atoms with Gasteiger partial charge in [0.2, 0.25) is 0 Å². The first kappa shape index (κ1) is 21.5. The van der Waals surface area contributed by atoms with Crippen LogP contribution in [0.3, 0.4) is 0 Å². The Morgan fingerprint density at radius 1 is 1.16 bits per heavy atom. The van der Waals surface area contributed by atoms with Crippen LogP contribution in [0.2, 0.25) is 0 Å². The van der Waals surface area contributed by atoms with Crippen molar-refractivity contribution in [3.63, 3.8) is 0 Å². The maximum absolute atomic E-state index is 12.6. The molecule has 0 radical (unpaired) electrons. The Bertz CT molecular complexity index is 1430. The quantitative estimate of drug-likeness (QED) is 0.302. The van der Waals surface area contributed by atoms with Crippen molar-refractivity contribution < 1.29 is 14.4 Å². The number of nitro groups is 1. The molecule has 0 unspecified atom stereocenters. The van der Waals surface area contributed by atoms with Crippen LogP contribution in [-0.2, 0) is 0 Å². The lowest BCUT2D eigenvalue weighted by Crippen LogP contribution is -2.11. The summed E-state index contributed by atoms with van der Waals surface area (Å²) in [5.41, 5.74) is 0.585. The van der Waals surface area contributed by atoms with Crippen molar-refractivity contribution in [2.75, 3.05) is 14.2 Å². The molecule has 0 amide bonds. The first-order valence-electron chi connectivity index (χ1n) is 9.28. The van der Waals surface area contributed by atoms with Gasteiger partial charge < -0.3 is 14.5 Å². The second-order valence-electron chi connectivity index (χ2n) is 6.61. The third-order valence-electron chi connectivity index (χ3n) is 4.70. The number of thiophene rings is 1. The molecule has 10 heteroatoms. The SMILES string of the molecule is COc1cc2nc(/C(Cl)=C/c3ccc(-c4ccccc4[N+](=O)[O-])s3)[nH]c(=O)c2cc1OC. The first-order valence-corrected chi connectivity index (χ1v) is 10.5. The number of halogens is 1. The predicted octanol–water partition coefficient (Wildman–Crippen LogP) is 5.31. The average Bonchev–Trinajstić information content (AvgIpc) is 3.26. The van der Waals surface area contributed by atoms with Gasteiger partial charge in [0, 0.05) is 21.9 Å². The molecule has 2 aromatic heterocycles. The van der Waals surface area contributed by atoms with Gasteiger partial charge in [0.1, 0.15) is 0 Å². The second kappa shape index (κ2) is 8.81. The number of H-pyrrole nitrogens is 1. The summed E-state index contributed by atoms with van der Waals surface area (Å²) in [5.74, 6) is 1.05. The van der Waals surface area contributed by atoms with Gasteiger partial charge in [-0.05, 0) is 30.3 Å². The lowest BCUT2D eigenvalue weighted by Gasteiger charge is -2.09. The molecule has 0 fully saturated rings. The van der Waals surface area contributed by atoms with E-state index in [4.69, 9.17) is 21.1 Å². The van der Waals surface area contributed by atoms with Gasteiger partial charge in [0.05, 0.1) is 40.6 Å². The molecule has 0 spiro atoms. The van der Waals surface area contributed by atoms with E-state index in [-0.39, 0.29) is 22.1 Å². The average molecular weight is 470 g/mol. The van der Waals surface area contributed by atoms with E-state index in [9.17, 15) is 14.9 Å². The number of nitrogens with one attached hydrogen (secondary N) is 1. The van der Waals surface area contributed by atoms with Crippen molar-refractivity contribution >= 4 is 50.6 Å². The van der Waals surface area contributed by atoms with Crippen molar-refractivity contribution in [1.82, 2.24) is 9.97 Å². The van der Waals surface area contributed by atoms with Crippen LogP contribution in [-0.4, -0.2) is 29.1 Å². The molecular formula is C22H16ClN3O5S. The zero-order chi connectivity index (χ0) is 22.8. The summed E-state index contributed by atoms with van der Waals surface area (Å²) in [4.78, 5) is 32.1. The van der Waals surface area contributed by atoms with Crippen molar-refractivity contribution in [3.8, 4) is 21.9 Å². The molecule has 2 aromatic carbocycles. The van der Waals surface area contributed by atoms with E-state index in [1.54, 1.807) is 48.5 Å². The highest BCUT2D eigenvalue weighted by atomic mass is 35.5. The number of aromatic amines is 1. The van der Waals surface area contributed by atoms with Crippen LogP contribution < -0.4 is 15.0 Å². The van der Waals surface area contributed by atoms with E-state index in [0.29, 0.717) is 28.0 Å². The number of hydrogen-bond acceptors (Lipinski definition) is 7. The molecule has 4 rings (SSSR count). The molecule has 1 N–H and O–H groups in total. The number of ether oxygens (including phenoxy) is 2. The van der Waals surface area contributed by atoms with Crippen LogP contribution in [0.15, 0.2) is 53.3 Å². The topological polar surface area (TPSA) is 107 Å². The smallest absolute Gasteiger partial charge is 0.278 e. The molecule has 4 aromatic rings. The molecule has 0 atom stereocenters. The van der Waals surface area contributed by atoms with E-state index >= 15 is 0 Å². The Labute approximate surface area is 190 Å². The van der Waals surface area contributed by atoms with E-state index in [1.807, 2.05) is 0 Å². The van der Waals surface area contributed by atoms with Crippen LogP contribution >= 0.6 is 22.9 Å². The molecular weight excluding hydrogens is 454 g/mol. The standard InChI is InChI=1S/C22H16ClN3O5S/c1-30-18-10-14-16(11-19(18)31-2)24-21(25-22(14)27)15(23)9-12-7-8-20(32-12)13-5-3-4-6-17(13)26(28)29/h3-11H,1-2H3,(H,24,25,27)/b15-9-. The third-order valence-corrected chi connectivity index (χ3v) is 6.05. The Balaban J connectivity index is 1.72. The second-order valence-corrected chi connectivity index (χ2v) is 8.13. The normalized spacial score (nSPS) is 11.5. The minimum Gasteiger partial charge on any atom is -0.493 e. The molecule has 2 heterocycles. The van der Waals surface area contributed by atoms with Crippen molar-refractivity contribution in [2.24, 2.45) is 0 Å². The summed E-state index contributed by atoms with van der Waals surface area (Å²) >= 11 is 7.79. The number of aromatic nitrogens is 2. The highest BCUT2D eigenvalue weighted by Crippen LogP contribution is 2.36. The highest BCUT2D eigenvalue weighted by molar-refractivity contribution is 7.16. The fraction of sp³-hybridized carbons (Fsp3) is 0.0909. The number of para-hydroxylation sites is 1. The Morgan fingerprint density at radius 3 is 2.59 bits per heavy atom. The first-order chi connectivity index (χ1) is 15.4. The molecule has 0 bridgehead atoms. The number of rotatable bonds is 6. The minimum absolute atomic E-state index is 0.0286. The van der Waals surface area contributed by atoms with Gasteiger partial charge in [-0.3, -0.25) is 14.9 Å². The van der Waals surface area contributed by atoms with E-state index in [1.165, 1.54) is 31.6 Å². The van der Waals surface area contributed by atoms with Crippen molar-refractivity contribution in [3.05, 3.63) is 79.7 Å². The van der Waals surface area contributed by atoms with Crippen LogP contribution in [0.5, 0.6) is 11.5 Å². The molecule has 0 saturated carbocycles. The molecule has 0 aliphatic rings. The molecule has 0 saturated heterocycles. The zero-order valence-corrected chi connectivity index (χ0v) is 18.5. The monoisotopic (exact) mass is 469 g/mol. The van der Waals surface area contributed by atoms with E-state index in [0.717, 1.165) is 9.75 Å². The summed E-state index contributed by atoms with van der Waals surface area (Å²) in [7, 11) is 2.98. The van der Waals surface area contributed by atoms with Crippen molar-refractivity contribution in [1.29, 1.82) is 0 Å². The highest BCUT2D eigenvalue weighted by Gasteiger charge is 2.16. The van der Waals surface area contributed by atoms with Gasteiger partial charge in [-0.2, -0.15) is 0 Å². The van der Waals surface area contributed by atoms with Crippen LogP contribution in [0, 0.1) is 10.1 Å². The molecule has 8 nitrogen and oxygen atoms in total. The number of nitrogens with zero attached hydrogens (tertiary/aromatic N) is 2. The van der Waals surface area contributed by atoms with Crippen LogP contribution in [0.4, 0.5) is 5.69 Å². The lowest BCUT2D eigenvalue weighted by molar-refractivity contribution is -0.384. The number of nitro benzene ring substituents is 1. The van der Waals surface area contributed by atoms with Gasteiger partial charge in [-0.15, -0.1) is 11.3 Å². The lowest BCUT2D eigenvalue weighted by atomic mass is 10.1. The number of fused-ring (bicyclic) bond motifs is 1. The predicted molar refractivity (Wildman–Crippen MR) is 126 cm³/mol. The molecule has 0 aliphatic carbocycles. The van der Waals surface area contributed by atoms with Gasteiger partial charge in [-0.25, -0.2) is 4.98 Å². The van der Waals surface area contributed by atoms with E-state index in [2.05, 4.69) is 9.97 Å².